The van der Waals surface area contributed by atoms with Gasteiger partial charge in [0.05, 0.1) is 19.0 Å². The van der Waals surface area contributed by atoms with Crippen molar-refractivity contribution in [2.24, 2.45) is 0 Å². The minimum Gasteiger partial charge on any atom is -0.379 e. The Kier molecular flexibility index (Phi) is 4.41. The number of nitrogens with one attached hydrogen (secondary N) is 2. The summed E-state index contributed by atoms with van der Waals surface area (Å²) in [6.07, 6.45) is 2.03. The van der Waals surface area contributed by atoms with E-state index in [0.717, 1.165) is 12.8 Å². The second kappa shape index (κ2) is 5.85. The number of carbonyl (C=O) groups excluding carboxylic acids is 1. The number of hydrogen-bond donors (Lipinski definition) is 2. The first-order chi connectivity index (χ1) is 8.58. The van der Waals surface area contributed by atoms with Crippen molar-refractivity contribution in [3.63, 3.8) is 0 Å². The van der Waals surface area contributed by atoms with Gasteiger partial charge in [-0.05, 0) is 12.8 Å². The van der Waals surface area contributed by atoms with Crippen molar-refractivity contribution in [3.8, 4) is 0 Å². The van der Waals surface area contributed by atoms with Crippen LogP contribution < -0.4 is 10.6 Å². The Labute approximate surface area is 107 Å². The van der Waals surface area contributed by atoms with E-state index in [0.29, 0.717) is 26.3 Å². The van der Waals surface area contributed by atoms with Gasteiger partial charge in [0.1, 0.15) is 0 Å². The molecule has 7 nitrogen and oxygen atoms in total. The molecule has 2 aliphatic rings. The lowest BCUT2D eigenvalue weighted by atomic mass is 10.5. The van der Waals surface area contributed by atoms with Crippen molar-refractivity contribution in [3.05, 3.63) is 0 Å². The quantitative estimate of drug-likeness (QED) is 0.682. The molecule has 0 spiro atoms. The monoisotopic (exact) mass is 277 g/mol. The molecule has 0 atom stereocenters. The van der Waals surface area contributed by atoms with Crippen LogP contribution in [0.3, 0.4) is 0 Å². The van der Waals surface area contributed by atoms with E-state index in [1.165, 1.54) is 4.31 Å². The van der Waals surface area contributed by atoms with Crippen LogP contribution in [-0.4, -0.2) is 63.4 Å². The fourth-order valence-electron chi connectivity index (χ4n) is 1.71. The summed E-state index contributed by atoms with van der Waals surface area (Å²) in [5.41, 5.74) is 0. The van der Waals surface area contributed by atoms with Crippen LogP contribution >= 0.6 is 0 Å². The van der Waals surface area contributed by atoms with Crippen molar-refractivity contribution in [2.75, 3.05) is 38.6 Å². The summed E-state index contributed by atoms with van der Waals surface area (Å²) in [4.78, 5) is 11.3. The molecule has 104 valence electrons. The summed E-state index contributed by atoms with van der Waals surface area (Å²) in [7, 11) is -3.28. The highest BCUT2D eigenvalue weighted by atomic mass is 32.2. The molecule has 1 aliphatic heterocycles. The van der Waals surface area contributed by atoms with E-state index in [-0.39, 0.29) is 24.4 Å². The summed E-state index contributed by atoms with van der Waals surface area (Å²) in [5.74, 6) is -0.0644. The Morgan fingerprint density at radius 1 is 1.28 bits per heavy atom. The number of hydrogen-bond acceptors (Lipinski definition) is 4. The topological polar surface area (TPSA) is 87.7 Å². The Morgan fingerprint density at radius 3 is 2.56 bits per heavy atom. The second-order valence-corrected chi connectivity index (χ2v) is 6.59. The van der Waals surface area contributed by atoms with Gasteiger partial charge in [0, 0.05) is 25.7 Å². The summed E-state index contributed by atoms with van der Waals surface area (Å²) in [5, 5.41) is 5.30. The highest BCUT2D eigenvalue weighted by Crippen LogP contribution is 2.18. The van der Waals surface area contributed by atoms with E-state index in [4.69, 9.17) is 4.74 Å². The molecule has 1 heterocycles. The maximum atomic E-state index is 11.9. The number of rotatable bonds is 5. The summed E-state index contributed by atoms with van der Waals surface area (Å²) in [6, 6.07) is -0.00414. The lowest BCUT2D eigenvalue weighted by Gasteiger charge is -2.26. The highest BCUT2D eigenvalue weighted by Gasteiger charge is 2.25. The molecular weight excluding hydrogens is 258 g/mol. The molecule has 0 unspecified atom stereocenters. The van der Waals surface area contributed by atoms with Crippen LogP contribution in [0.5, 0.6) is 0 Å². The van der Waals surface area contributed by atoms with Crippen LogP contribution in [0.4, 0.5) is 4.79 Å². The third kappa shape index (κ3) is 4.11. The molecule has 2 rings (SSSR count). The van der Waals surface area contributed by atoms with Crippen LogP contribution in [0.2, 0.25) is 0 Å². The summed E-state index contributed by atoms with van der Waals surface area (Å²) < 4.78 is 30.3. The van der Waals surface area contributed by atoms with Gasteiger partial charge in [0.25, 0.3) is 0 Å². The molecular formula is C10H19N3O4S. The Morgan fingerprint density at radius 2 is 1.94 bits per heavy atom. The fraction of sp³-hybridized carbons (Fsp3) is 0.900. The van der Waals surface area contributed by atoms with Crippen LogP contribution in [0.25, 0.3) is 0 Å². The summed E-state index contributed by atoms with van der Waals surface area (Å²) >= 11 is 0. The van der Waals surface area contributed by atoms with E-state index < -0.39 is 10.0 Å². The maximum absolute atomic E-state index is 11.9. The van der Waals surface area contributed by atoms with Gasteiger partial charge < -0.3 is 15.4 Å². The molecule has 1 saturated heterocycles. The van der Waals surface area contributed by atoms with Gasteiger partial charge in [-0.3, -0.25) is 0 Å². The molecule has 8 heteroatoms. The minimum atomic E-state index is -3.28. The molecule has 0 aromatic carbocycles. The van der Waals surface area contributed by atoms with Crippen molar-refractivity contribution >= 4 is 16.1 Å². The zero-order valence-electron chi connectivity index (χ0n) is 10.2. The molecule has 1 aliphatic carbocycles. The van der Waals surface area contributed by atoms with Gasteiger partial charge in [-0.1, -0.05) is 0 Å². The average molecular weight is 277 g/mol. The number of amides is 2. The molecule has 0 aromatic heterocycles. The van der Waals surface area contributed by atoms with E-state index in [2.05, 4.69) is 10.6 Å². The number of nitrogens with zero attached hydrogens (tertiary/aromatic N) is 1. The lowest BCUT2D eigenvalue weighted by Crippen LogP contribution is -2.45. The van der Waals surface area contributed by atoms with Crippen LogP contribution in [0.15, 0.2) is 0 Å². The maximum Gasteiger partial charge on any atom is 0.315 e. The Bertz CT molecular complexity index is 388. The Balaban J connectivity index is 1.68. The van der Waals surface area contributed by atoms with Crippen molar-refractivity contribution in [2.45, 2.75) is 18.9 Å². The standard InChI is InChI=1S/C10H19N3O4S/c14-10(12-9-1-2-9)11-3-8-18(15,16)13-4-6-17-7-5-13/h9H,1-8H2,(H2,11,12,14). The van der Waals surface area contributed by atoms with Gasteiger partial charge >= 0.3 is 6.03 Å². The SMILES string of the molecule is O=C(NCCS(=O)(=O)N1CCOCC1)NC1CC1. The first kappa shape index (κ1) is 13.6. The van der Waals surface area contributed by atoms with Crippen molar-refractivity contribution < 1.29 is 17.9 Å². The van der Waals surface area contributed by atoms with Gasteiger partial charge in [-0.2, -0.15) is 4.31 Å². The average Bonchev–Trinajstić information content (AvgIpc) is 3.14. The molecule has 2 N–H and O–H groups in total. The minimum absolute atomic E-state index is 0.0644. The number of morpholine rings is 1. The third-order valence-electron chi connectivity index (χ3n) is 2.92. The number of carbonyl (C=O) groups is 1. The summed E-state index contributed by atoms with van der Waals surface area (Å²) in [6.45, 7) is 1.81. The van der Waals surface area contributed by atoms with Gasteiger partial charge in [-0.25, -0.2) is 13.2 Å². The zero-order valence-corrected chi connectivity index (χ0v) is 11.0. The first-order valence-corrected chi connectivity index (χ1v) is 7.79. The van der Waals surface area contributed by atoms with Crippen LogP contribution in [-0.2, 0) is 14.8 Å². The number of sulfonamides is 1. The van der Waals surface area contributed by atoms with E-state index in [1.807, 2.05) is 0 Å². The molecule has 0 aromatic rings. The van der Waals surface area contributed by atoms with Crippen LogP contribution in [0.1, 0.15) is 12.8 Å². The third-order valence-corrected chi connectivity index (χ3v) is 4.79. The molecule has 2 fully saturated rings. The van der Waals surface area contributed by atoms with Gasteiger partial charge in [-0.15, -0.1) is 0 Å². The highest BCUT2D eigenvalue weighted by molar-refractivity contribution is 7.89. The lowest BCUT2D eigenvalue weighted by molar-refractivity contribution is 0.0730. The zero-order chi connectivity index (χ0) is 13.0. The van der Waals surface area contributed by atoms with Crippen molar-refractivity contribution in [1.82, 2.24) is 14.9 Å². The molecule has 1 saturated carbocycles. The smallest absolute Gasteiger partial charge is 0.315 e. The molecule has 0 radical (unpaired) electrons. The van der Waals surface area contributed by atoms with Crippen LogP contribution in [0, 0.1) is 0 Å². The van der Waals surface area contributed by atoms with E-state index in [9.17, 15) is 13.2 Å². The number of ether oxygens (including phenoxy) is 1. The molecule has 18 heavy (non-hydrogen) atoms. The number of urea groups is 1. The predicted molar refractivity (Wildman–Crippen MR) is 65.7 cm³/mol. The van der Waals surface area contributed by atoms with Gasteiger partial charge in [0.2, 0.25) is 10.0 Å². The largest absolute Gasteiger partial charge is 0.379 e. The first-order valence-electron chi connectivity index (χ1n) is 6.18. The molecule has 2 amide bonds. The van der Waals surface area contributed by atoms with E-state index >= 15 is 0 Å². The normalized spacial score (nSPS) is 21.6. The van der Waals surface area contributed by atoms with Gasteiger partial charge in [0.15, 0.2) is 0 Å². The fourth-order valence-corrected chi connectivity index (χ4v) is 3.04. The predicted octanol–water partition coefficient (Wildman–Crippen LogP) is -0.890. The van der Waals surface area contributed by atoms with Crippen molar-refractivity contribution in [1.29, 1.82) is 0 Å². The Hall–Kier alpha value is -0.860. The second-order valence-electron chi connectivity index (χ2n) is 4.50. The van der Waals surface area contributed by atoms with E-state index in [1.54, 1.807) is 0 Å². The molecule has 0 bridgehead atoms.